The molecule has 1 amide bonds. The van der Waals surface area contributed by atoms with Crippen molar-refractivity contribution in [2.24, 2.45) is 5.73 Å². The predicted octanol–water partition coefficient (Wildman–Crippen LogP) is 6.74. The molecular formula is C26H42N2O2. The molecule has 0 heterocycles. The summed E-state index contributed by atoms with van der Waals surface area (Å²) >= 11 is 0. The molecule has 0 bridgehead atoms. The quantitative estimate of drug-likeness (QED) is 0.569. The highest BCUT2D eigenvalue weighted by Gasteiger charge is 2.16. The number of amides is 1. The molecule has 0 aliphatic carbocycles. The topological polar surface area (TPSA) is 64.3 Å². The molecule has 4 nitrogen and oxygen atoms in total. The number of carbonyl (C=O) groups excluding carboxylic acids is 1. The minimum absolute atomic E-state index is 0. The van der Waals surface area contributed by atoms with Crippen molar-refractivity contribution in [1.29, 1.82) is 0 Å². The van der Waals surface area contributed by atoms with Crippen LogP contribution in [0.1, 0.15) is 90.0 Å². The van der Waals surface area contributed by atoms with Gasteiger partial charge in [0.05, 0.1) is 0 Å². The molecule has 2 aromatic carbocycles. The van der Waals surface area contributed by atoms with E-state index in [1.165, 1.54) is 16.7 Å². The summed E-state index contributed by atoms with van der Waals surface area (Å²) in [5.41, 5.74) is 10.2. The Hall–Kier alpha value is -2.33. The van der Waals surface area contributed by atoms with Crippen molar-refractivity contribution >= 4 is 6.09 Å². The molecular weight excluding hydrogens is 372 g/mol. The number of carbonyl (C=O) groups is 1. The molecule has 0 aliphatic rings. The zero-order valence-electron chi connectivity index (χ0n) is 19.1. The average molecular weight is 415 g/mol. The Morgan fingerprint density at radius 3 is 1.73 bits per heavy atom. The third kappa shape index (κ3) is 9.93. The van der Waals surface area contributed by atoms with Crippen LogP contribution in [0.2, 0.25) is 0 Å². The number of ether oxygens (including phenoxy) is 1. The Morgan fingerprint density at radius 2 is 1.33 bits per heavy atom. The van der Waals surface area contributed by atoms with Crippen molar-refractivity contribution in [2.45, 2.75) is 86.4 Å². The highest BCUT2D eigenvalue weighted by molar-refractivity contribution is 5.67. The van der Waals surface area contributed by atoms with E-state index in [-0.39, 0.29) is 13.5 Å². The van der Waals surface area contributed by atoms with Crippen LogP contribution in [0, 0.1) is 0 Å². The van der Waals surface area contributed by atoms with Crippen LogP contribution in [-0.2, 0) is 17.8 Å². The monoisotopic (exact) mass is 414 g/mol. The molecule has 168 valence electrons. The van der Waals surface area contributed by atoms with Gasteiger partial charge < -0.3 is 15.8 Å². The molecule has 0 spiro atoms. The first-order valence-corrected chi connectivity index (χ1v) is 10.4. The number of alkyl carbamates (subject to hydrolysis) is 1. The standard InChI is InChI=1S/C15H23NO2.C10H15N.CH4/c1-11(2)13-9-7-6-8-12(13)10-16-14(17)18-15(3,4)5;1-8(2)10-6-4-3-5-9(10)7-11;/h6-9,11H,10H2,1-5H3,(H,16,17);3-6,8H,7,11H2,1-2H3;1H4. The van der Waals surface area contributed by atoms with Crippen molar-refractivity contribution in [3.05, 3.63) is 70.8 Å². The van der Waals surface area contributed by atoms with Crippen LogP contribution in [0.3, 0.4) is 0 Å². The largest absolute Gasteiger partial charge is 0.444 e. The summed E-state index contributed by atoms with van der Waals surface area (Å²) in [7, 11) is 0. The van der Waals surface area contributed by atoms with Crippen molar-refractivity contribution in [3.8, 4) is 0 Å². The van der Waals surface area contributed by atoms with E-state index in [2.05, 4.69) is 57.3 Å². The lowest BCUT2D eigenvalue weighted by Gasteiger charge is -2.20. The summed E-state index contributed by atoms with van der Waals surface area (Å²) in [6, 6.07) is 16.5. The van der Waals surface area contributed by atoms with Gasteiger partial charge in [0.2, 0.25) is 0 Å². The summed E-state index contributed by atoms with van der Waals surface area (Å²) in [4.78, 5) is 11.6. The summed E-state index contributed by atoms with van der Waals surface area (Å²) in [5, 5.41) is 2.79. The van der Waals surface area contributed by atoms with E-state index in [0.717, 1.165) is 5.56 Å². The van der Waals surface area contributed by atoms with E-state index in [9.17, 15) is 4.79 Å². The molecule has 0 fully saturated rings. The Bertz CT molecular complexity index is 762. The zero-order chi connectivity index (χ0) is 22.0. The average Bonchev–Trinajstić information content (AvgIpc) is 2.65. The number of hydrogen-bond acceptors (Lipinski definition) is 3. The lowest BCUT2D eigenvalue weighted by molar-refractivity contribution is 0.0523. The van der Waals surface area contributed by atoms with Gasteiger partial charge in [0.1, 0.15) is 5.60 Å². The van der Waals surface area contributed by atoms with E-state index >= 15 is 0 Å². The van der Waals surface area contributed by atoms with Gasteiger partial charge in [-0.1, -0.05) is 83.7 Å². The molecule has 0 unspecified atom stereocenters. The number of benzene rings is 2. The van der Waals surface area contributed by atoms with E-state index in [0.29, 0.717) is 24.9 Å². The lowest BCUT2D eigenvalue weighted by atomic mass is 9.97. The van der Waals surface area contributed by atoms with Gasteiger partial charge in [-0.25, -0.2) is 4.79 Å². The van der Waals surface area contributed by atoms with Crippen LogP contribution in [0.25, 0.3) is 0 Å². The van der Waals surface area contributed by atoms with E-state index in [1.807, 2.05) is 45.0 Å². The molecule has 4 heteroatoms. The Labute approximate surface area is 184 Å². The van der Waals surface area contributed by atoms with Gasteiger partial charge in [-0.15, -0.1) is 0 Å². The van der Waals surface area contributed by atoms with Gasteiger partial charge >= 0.3 is 6.09 Å². The summed E-state index contributed by atoms with van der Waals surface area (Å²) < 4.78 is 5.21. The van der Waals surface area contributed by atoms with Crippen molar-refractivity contribution in [3.63, 3.8) is 0 Å². The maximum Gasteiger partial charge on any atom is 0.407 e. The molecule has 0 aliphatic heterocycles. The first-order valence-electron chi connectivity index (χ1n) is 10.4. The molecule has 30 heavy (non-hydrogen) atoms. The fourth-order valence-corrected chi connectivity index (χ4v) is 3.02. The maximum absolute atomic E-state index is 11.6. The minimum atomic E-state index is -0.457. The number of hydrogen-bond donors (Lipinski definition) is 2. The highest BCUT2D eigenvalue weighted by Crippen LogP contribution is 2.19. The smallest absolute Gasteiger partial charge is 0.407 e. The van der Waals surface area contributed by atoms with Gasteiger partial charge in [0.15, 0.2) is 0 Å². The number of rotatable bonds is 5. The van der Waals surface area contributed by atoms with Gasteiger partial charge in [-0.3, -0.25) is 0 Å². The second-order valence-corrected chi connectivity index (χ2v) is 8.77. The Balaban J connectivity index is 0.000000603. The molecule has 2 rings (SSSR count). The second-order valence-electron chi connectivity index (χ2n) is 8.77. The van der Waals surface area contributed by atoms with Crippen LogP contribution in [0.15, 0.2) is 48.5 Å². The van der Waals surface area contributed by atoms with Crippen molar-refractivity contribution < 1.29 is 9.53 Å². The first-order chi connectivity index (χ1) is 13.5. The summed E-state index contributed by atoms with van der Waals surface area (Å²) in [5.74, 6) is 1.02. The normalized spacial score (nSPS) is 10.7. The van der Waals surface area contributed by atoms with E-state index in [1.54, 1.807) is 0 Å². The molecule has 2 aromatic rings. The summed E-state index contributed by atoms with van der Waals surface area (Å²) in [6.07, 6.45) is -0.374. The number of nitrogens with two attached hydrogens (primary N) is 1. The first kappa shape index (κ1) is 27.7. The van der Waals surface area contributed by atoms with Crippen LogP contribution >= 0.6 is 0 Å². The highest BCUT2D eigenvalue weighted by atomic mass is 16.6. The van der Waals surface area contributed by atoms with E-state index < -0.39 is 5.60 Å². The van der Waals surface area contributed by atoms with Gasteiger partial charge in [-0.05, 0) is 54.9 Å². The fourth-order valence-electron chi connectivity index (χ4n) is 3.02. The van der Waals surface area contributed by atoms with Gasteiger partial charge in [-0.2, -0.15) is 0 Å². The van der Waals surface area contributed by atoms with Crippen LogP contribution in [0.5, 0.6) is 0 Å². The molecule has 3 N–H and O–H groups in total. The molecule has 0 aromatic heterocycles. The maximum atomic E-state index is 11.6. The minimum Gasteiger partial charge on any atom is -0.444 e. The SMILES string of the molecule is C.CC(C)c1ccccc1CN.CC(C)c1ccccc1CNC(=O)OC(C)(C)C. The van der Waals surface area contributed by atoms with Crippen molar-refractivity contribution in [2.75, 3.05) is 0 Å². The van der Waals surface area contributed by atoms with Crippen LogP contribution < -0.4 is 11.1 Å². The van der Waals surface area contributed by atoms with Crippen LogP contribution in [-0.4, -0.2) is 11.7 Å². The lowest BCUT2D eigenvalue weighted by Crippen LogP contribution is -2.32. The third-order valence-electron chi connectivity index (χ3n) is 4.40. The van der Waals surface area contributed by atoms with E-state index in [4.69, 9.17) is 10.5 Å². The van der Waals surface area contributed by atoms with Gasteiger partial charge in [0.25, 0.3) is 0 Å². The predicted molar refractivity (Wildman–Crippen MR) is 129 cm³/mol. The van der Waals surface area contributed by atoms with Gasteiger partial charge in [0, 0.05) is 13.1 Å². The fraction of sp³-hybridized carbons (Fsp3) is 0.500. The Morgan fingerprint density at radius 1 is 0.900 bits per heavy atom. The van der Waals surface area contributed by atoms with Crippen molar-refractivity contribution in [1.82, 2.24) is 5.32 Å². The molecule has 0 radical (unpaired) electrons. The third-order valence-corrected chi connectivity index (χ3v) is 4.40. The summed E-state index contributed by atoms with van der Waals surface area (Å²) in [6.45, 7) is 15.4. The Kier molecular flexibility index (Phi) is 12.1. The molecule has 0 atom stereocenters. The molecule has 0 saturated heterocycles. The molecule has 0 saturated carbocycles. The number of nitrogens with one attached hydrogen (secondary N) is 1. The second kappa shape index (κ2) is 13.1. The zero-order valence-corrected chi connectivity index (χ0v) is 19.1. The van der Waals surface area contributed by atoms with Crippen LogP contribution in [0.4, 0.5) is 4.79 Å².